The second-order valence-corrected chi connectivity index (χ2v) is 4.60. The normalized spacial score (nSPS) is 21.0. The molecule has 1 fully saturated rings. The van der Waals surface area contributed by atoms with Gasteiger partial charge >= 0.3 is 0 Å². The third kappa shape index (κ3) is 2.96. The van der Waals surface area contributed by atoms with Crippen LogP contribution in [0.1, 0.15) is 30.3 Å². The molecule has 4 nitrogen and oxygen atoms in total. The van der Waals surface area contributed by atoms with Gasteiger partial charge in [0, 0.05) is 19.7 Å². The van der Waals surface area contributed by atoms with Crippen molar-refractivity contribution in [3.05, 3.63) is 10.6 Å². The Hall–Kier alpha value is -0.520. The summed E-state index contributed by atoms with van der Waals surface area (Å²) in [5.41, 5.74) is 1.12. The van der Waals surface area contributed by atoms with E-state index in [1.54, 1.807) is 0 Å². The fourth-order valence-corrected chi connectivity index (χ4v) is 2.48. The third-order valence-corrected chi connectivity index (χ3v) is 3.41. The molecule has 0 spiro atoms. The number of ether oxygens (including phenoxy) is 1. The molecular formula is C10H17N3OS. The van der Waals surface area contributed by atoms with Gasteiger partial charge in [-0.15, -0.1) is 5.10 Å². The summed E-state index contributed by atoms with van der Waals surface area (Å²) in [6.07, 6.45) is 3.77. The number of aryl methyl sites for hydroxylation is 1. The lowest BCUT2D eigenvalue weighted by Crippen LogP contribution is -2.25. The van der Waals surface area contributed by atoms with E-state index in [2.05, 4.69) is 21.8 Å². The number of hydrogen-bond acceptors (Lipinski definition) is 5. The van der Waals surface area contributed by atoms with Crippen molar-refractivity contribution < 1.29 is 4.74 Å². The van der Waals surface area contributed by atoms with E-state index in [9.17, 15) is 0 Å². The van der Waals surface area contributed by atoms with Crippen molar-refractivity contribution in [3.63, 3.8) is 0 Å². The van der Waals surface area contributed by atoms with Gasteiger partial charge in [0.15, 0.2) is 0 Å². The van der Waals surface area contributed by atoms with Gasteiger partial charge < -0.3 is 10.1 Å². The van der Waals surface area contributed by atoms with Crippen molar-refractivity contribution in [2.75, 3.05) is 13.2 Å². The molecule has 0 saturated carbocycles. The van der Waals surface area contributed by atoms with Gasteiger partial charge in [-0.1, -0.05) is 11.4 Å². The minimum absolute atomic E-state index is 0.413. The van der Waals surface area contributed by atoms with Crippen LogP contribution in [0, 0.1) is 0 Å². The van der Waals surface area contributed by atoms with Crippen LogP contribution in [0.15, 0.2) is 0 Å². The van der Waals surface area contributed by atoms with Crippen LogP contribution in [-0.4, -0.2) is 28.8 Å². The number of rotatable bonds is 5. The summed E-state index contributed by atoms with van der Waals surface area (Å²) in [5, 5.41) is 7.49. The molecule has 1 aromatic rings. The fraction of sp³-hybridized carbons (Fsp3) is 0.800. The van der Waals surface area contributed by atoms with E-state index < -0.39 is 0 Å². The first-order chi connectivity index (χ1) is 7.40. The van der Waals surface area contributed by atoms with Crippen molar-refractivity contribution in [1.82, 2.24) is 14.9 Å². The number of aromatic nitrogens is 2. The van der Waals surface area contributed by atoms with E-state index in [0.29, 0.717) is 6.10 Å². The molecule has 84 valence electrons. The van der Waals surface area contributed by atoms with Crippen LogP contribution in [0.25, 0.3) is 0 Å². The lowest BCUT2D eigenvalue weighted by molar-refractivity contribution is 0.110. The van der Waals surface area contributed by atoms with Gasteiger partial charge in [0.2, 0.25) is 0 Å². The summed E-state index contributed by atoms with van der Waals surface area (Å²) in [4.78, 5) is 1.26. The second kappa shape index (κ2) is 5.53. The largest absolute Gasteiger partial charge is 0.377 e. The van der Waals surface area contributed by atoms with Gasteiger partial charge in [0.1, 0.15) is 0 Å². The molecule has 0 bridgehead atoms. The molecule has 0 radical (unpaired) electrons. The van der Waals surface area contributed by atoms with Crippen LogP contribution in [0.5, 0.6) is 0 Å². The highest BCUT2D eigenvalue weighted by Gasteiger charge is 2.15. The molecule has 1 saturated heterocycles. The maximum atomic E-state index is 5.54. The molecule has 1 unspecified atom stereocenters. The third-order valence-electron chi connectivity index (χ3n) is 2.65. The second-order valence-electron chi connectivity index (χ2n) is 3.76. The molecule has 15 heavy (non-hydrogen) atoms. The summed E-state index contributed by atoms with van der Waals surface area (Å²) in [6.45, 7) is 4.86. The molecule has 1 aromatic heterocycles. The summed E-state index contributed by atoms with van der Waals surface area (Å²) in [7, 11) is 0. The molecule has 1 aliphatic heterocycles. The van der Waals surface area contributed by atoms with Gasteiger partial charge in [0.25, 0.3) is 0 Å². The summed E-state index contributed by atoms with van der Waals surface area (Å²) in [5.74, 6) is 0. The van der Waals surface area contributed by atoms with Gasteiger partial charge in [-0.3, -0.25) is 0 Å². The van der Waals surface area contributed by atoms with Crippen LogP contribution >= 0.6 is 11.5 Å². The zero-order chi connectivity index (χ0) is 10.5. The van der Waals surface area contributed by atoms with Crippen LogP contribution in [0.2, 0.25) is 0 Å². The quantitative estimate of drug-likeness (QED) is 0.825. The number of hydrogen-bond donors (Lipinski definition) is 1. The average molecular weight is 227 g/mol. The van der Waals surface area contributed by atoms with Gasteiger partial charge in [-0.05, 0) is 30.8 Å². The van der Waals surface area contributed by atoms with Crippen molar-refractivity contribution >= 4 is 11.5 Å². The first-order valence-corrected chi connectivity index (χ1v) is 6.30. The van der Waals surface area contributed by atoms with E-state index in [1.165, 1.54) is 29.3 Å². The summed E-state index contributed by atoms with van der Waals surface area (Å²) >= 11 is 1.49. The Kier molecular flexibility index (Phi) is 4.05. The highest BCUT2D eigenvalue weighted by atomic mass is 32.1. The topological polar surface area (TPSA) is 47.0 Å². The Balaban J connectivity index is 1.73. The van der Waals surface area contributed by atoms with Crippen LogP contribution in [0.3, 0.4) is 0 Å². The maximum Gasteiger partial charge on any atom is 0.0797 e. The highest BCUT2D eigenvalue weighted by Crippen LogP contribution is 2.13. The van der Waals surface area contributed by atoms with Crippen LogP contribution in [0.4, 0.5) is 0 Å². The molecule has 0 amide bonds. The highest BCUT2D eigenvalue weighted by molar-refractivity contribution is 7.05. The first kappa shape index (κ1) is 11.0. The predicted molar refractivity (Wildman–Crippen MR) is 60.0 cm³/mol. The first-order valence-electron chi connectivity index (χ1n) is 5.52. The minimum atomic E-state index is 0.413. The predicted octanol–water partition coefficient (Wildman–Crippen LogP) is 1.37. The summed E-state index contributed by atoms with van der Waals surface area (Å²) < 4.78 is 9.50. The fourth-order valence-electron chi connectivity index (χ4n) is 1.78. The minimum Gasteiger partial charge on any atom is -0.377 e. The van der Waals surface area contributed by atoms with Crippen molar-refractivity contribution in [1.29, 1.82) is 0 Å². The smallest absolute Gasteiger partial charge is 0.0797 e. The number of nitrogens with one attached hydrogen (secondary N) is 1. The molecule has 5 heteroatoms. The van der Waals surface area contributed by atoms with E-state index in [-0.39, 0.29) is 0 Å². The summed E-state index contributed by atoms with van der Waals surface area (Å²) in [6, 6.07) is 0. The number of nitrogens with zero attached hydrogens (tertiary/aromatic N) is 2. The van der Waals surface area contributed by atoms with E-state index >= 15 is 0 Å². The lowest BCUT2D eigenvalue weighted by Gasteiger charge is -2.09. The molecule has 0 aliphatic carbocycles. The van der Waals surface area contributed by atoms with E-state index in [1.807, 2.05) is 0 Å². The molecule has 0 aromatic carbocycles. The standard InChI is InChI=1S/C10H17N3OS/c1-2-9-10(15-13-12-9)7-11-6-8-4-3-5-14-8/h8,11H,2-7H2,1H3. The van der Waals surface area contributed by atoms with E-state index in [4.69, 9.17) is 4.74 Å². The maximum absolute atomic E-state index is 5.54. The van der Waals surface area contributed by atoms with Gasteiger partial charge in [-0.25, -0.2) is 0 Å². The molecule has 1 N–H and O–H groups in total. The van der Waals surface area contributed by atoms with Crippen LogP contribution < -0.4 is 5.32 Å². The Morgan fingerprint density at radius 3 is 3.27 bits per heavy atom. The Morgan fingerprint density at radius 2 is 2.53 bits per heavy atom. The average Bonchev–Trinajstić information content (AvgIpc) is 2.88. The van der Waals surface area contributed by atoms with Crippen molar-refractivity contribution in [2.24, 2.45) is 0 Å². The molecule has 2 rings (SSSR count). The van der Waals surface area contributed by atoms with Crippen molar-refractivity contribution in [3.8, 4) is 0 Å². The molecular weight excluding hydrogens is 210 g/mol. The molecule has 1 atom stereocenters. The Labute approximate surface area is 94.2 Å². The van der Waals surface area contributed by atoms with Crippen molar-refractivity contribution in [2.45, 2.75) is 38.8 Å². The zero-order valence-electron chi connectivity index (χ0n) is 9.03. The van der Waals surface area contributed by atoms with Gasteiger partial charge in [0.05, 0.1) is 16.7 Å². The van der Waals surface area contributed by atoms with Gasteiger partial charge in [-0.2, -0.15) is 0 Å². The Bertz CT molecular complexity index is 297. The molecule has 1 aliphatic rings. The van der Waals surface area contributed by atoms with Crippen LogP contribution in [-0.2, 0) is 17.7 Å². The lowest BCUT2D eigenvalue weighted by atomic mass is 10.2. The zero-order valence-corrected chi connectivity index (χ0v) is 9.85. The molecule has 2 heterocycles. The SMILES string of the molecule is CCc1nnsc1CNCC1CCCO1. The monoisotopic (exact) mass is 227 g/mol. The van der Waals surface area contributed by atoms with E-state index in [0.717, 1.165) is 31.8 Å². The Morgan fingerprint density at radius 1 is 1.60 bits per heavy atom.